The van der Waals surface area contributed by atoms with Crippen LogP contribution in [0.3, 0.4) is 0 Å². The number of halogens is 1. The summed E-state index contributed by atoms with van der Waals surface area (Å²) in [4.78, 5) is 12.1. The molecule has 0 bridgehead atoms. The number of hydrogen-bond acceptors (Lipinski definition) is 7. The number of non-ortho nitro benzene ring substituents is 1. The molecule has 3 aromatic carbocycles. The van der Waals surface area contributed by atoms with Crippen molar-refractivity contribution in [2.24, 2.45) is 0 Å². The number of hydrogen-bond donors (Lipinski definition) is 1. The molecular weight excluding hydrogens is 533 g/mol. The van der Waals surface area contributed by atoms with Crippen molar-refractivity contribution in [1.82, 2.24) is 4.72 Å². The predicted molar refractivity (Wildman–Crippen MR) is 141 cm³/mol. The molecule has 0 aliphatic carbocycles. The van der Waals surface area contributed by atoms with Gasteiger partial charge in [0.05, 0.1) is 19.6 Å². The molecule has 1 aliphatic rings. The first kappa shape index (κ1) is 27.7. The van der Waals surface area contributed by atoms with Crippen molar-refractivity contribution in [2.75, 3.05) is 18.0 Å². The number of nitro groups is 1. The summed E-state index contributed by atoms with van der Waals surface area (Å²) in [6, 6.07) is 14.3. The van der Waals surface area contributed by atoms with E-state index in [2.05, 4.69) is 4.72 Å². The molecule has 1 aliphatic heterocycles. The van der Waals surface area contributed by atoms with Gasteiger partial charge in [-0.15, -0.1) is 0 Å². The van der Waals surface area contributed by atoms with Crippen molar-refractivity contribution in [3.8, 4) is 0 Å². The molecule has 38 heavy (non-hydrogen) atoms. The monoisotopic (exact) mass is 561 g/mol. The van der Waals surface area contributed by atoms with Gasteiger partial charge in [0.15, 0.2) is 0 Å². The molecule has 0 spiro atoms. The van der Waals surface area contributed by atoms with Crippen molar-refractivity contribution >= 4 is 31.2 Å². The zero-order valence-corrected chi connectivity index (χ0v) is 22.5. The molecule has 1 saturated heterocycles. The van der Waals surface area contributed by atoms with Crippen LogP contribution in [-0.2, 0) is 19.9 Å². The van der Waals surface area contributed by atoms with Gasteiger partial charge in [-0.05, 0) is 66.8 Å². The lowest BCUT2D eigenvalue weighted by Gasteiger charge is -2.33. The lowest BCUT2D eigenvalue weighted by molar-refractivity contribution is -0.384. The fourth-order valence-electron chi connectivity index (χ4n) is 4.48. The molecule has 9 nitrogen and oxygen atoms in total. The molecule has 1 fully saturated rings. The Bertz CT molecular complexity index is 1550. The molecule has 0 unspecified atom stereocenters. The summed E-state index contributed by atoms with van der Waals surface area (Å²) in [5.74, 6) is -0.775. The second-order valence-corrected chi connectivity index (χ2v) is 13.1. The topological polar surface area (TPSA) is 127 Å². The van der Waals surface area contributed by atoms with E-state index in [1.54, 1.807) is 12.1 Å². The van der Waals surface area contributed by atoms with Crippen LogP contribution < -0.4 is 9.62 Å². The summed E-state index contributed by atoms with van der Waals surface area (Å²) in [5, 5.41) is 11.1. The van der Waals surface area contributed by atoms with E-state index in [0.717, 1.165) is 30.3 Å². The van der Waals surface area contributed by atoms with E-state index in [4.69, 9.17) is 0 Å². The molecule has 202 valence electrons. The number of rotatable bonds is 8. The molecule has 1 heterocycles. The number of sulfonamides is 1. The lowest BCUT2D eigenvalue weighted by Crippen LogP contribution is -2.44. The summed E-state index contributed by atoms with van der Waals surface area (Å²) in [7, 11) is -8.16. The van der Waals surface area contributed by atoms with Gasteiger partial charge in [0.1, 0.15) is 5.82 Å². The standard InChI is InChI=1S/C26H28FN3O6S2/c1-18(2)25-11-10-24(37(33,34)23-8-6-19(27)7-9-23)17-26(25)38(35,36)28-20-12-14-29(15-13-20)21-4-3-5-22(16-21)30(31)32/h3-11,16-18,20,28H,12-15H2,1-2H3. The largest absolute Gasteiger partial charge is 0.371 e. The normalized spacial score (nSPS) is 15.1. The van der Waals surface area contributed by atoms with Gasteiger partial charge < -0.3 is 4.90 Å². The maximum Gasteiger partial charge on any atom is 0.271 e. The molecule has 0 aromatic heterocycles. The summed E-state index contributed by atoms with van der Waals surface area (Å²) < 4.78 is 69.4. The number of benzene rings is 3. The van der Waals surface area contributed by atoms with E-state index in [-0.39, 0.29) is 26.3 Å². The van der Waals surface area contributed by atoms with Gasteiger partial charge in [0.2, 0.25) is 19.9 Å². The van der Waals surface area contributed by atoms with Crippen molar-refractivity contribution in [3.63, 3.8) is 0 Å². The Kier molecular flexibility index (Phi) is 7.86. The van der Waals surface area contributed by atoms with Crippen LogP contribution in [0.1, 0.15) is 38.2 Å². The van der Waals surface area contributed by atoms with Crippen LogP contribution in [-0.4, -0.2) is 40.9 Å². The highest BCUT2D eigenvalue weighted by atomic mass is 32.2. The van der Waals surface area contributed by atoms with Crippen molar-refractivity contribution < 1.29 is 26.1 Å². The Labute approximate surface area is 221 Å². The average molecular weight is 562 g/mol. The Hall–Kier alpha value is -3.35. The van der Waals surface area contributed by atoms with Gasteiger partial charge in [-0.25, -0.2) is 25.9 Å². The third-order valence-corrected chi connectivity index (χ3v) is 9.90. The lowest BCUT2D eigenvalue weighted by atomic mass is 10.0. The van der Waals surface area contributed by atoms with Crippen LogP contribution in [0.25, 0.3) is 0 Å². The summed E-state index contributed by atoms with van der Waals surface area (Å²) in [6.45, 7) is 4.62. The molecule has 0 amide bonds. The van der Waals surface area contributed by atoms with Gasteiger partial charge in [-0.2, -0.15) is 0 Å². The van der Waals surface area contributed by atoms with Gasteiger partial charge >= 0.3 is 0 Å². The minimum Gasteiger partial charge on any atom is -0.371 e. The maximum absolute atomic E-state index is 13.5. The SMILES string of the molecule is CC(C)c1ccc(S(=O)(=O)c2ccc(F)cc2)cc1S(=O)(=O)NC1CCN(c2cccc([N+](=O)[O-])c2)CC1. The minimum absolute atomic E-state index is 0.0120. The molecule has 12 heteroatoms. The molecule has 0 radical (unpaired) electrons. The Balaban J connectivity index is 1.56. The summed E-state index contributed by atoms with van der Waals surface area (Å²) in [5.41, 5.74) is 1.16. The highest BCUT2D eigenvalue weighted by Crippen LogP contribution is 2.31. The Morgan fingerprint density at radius 2 is 1.58 bits per heavy atom. The number of nitrogens with zero attached hydrogens (tertiary/aromatic N) is 2. The number of nitro benzene ring substituents is 1. The van der Waals surface area contributed by atoms with Crippen molar-refractivity contribution in [1.29, 1.82) is 0 Å². The predicted octanol–water partition coefficient (Wildman–Crippen LogP) is 4.64. The third kappa shape index (κ3) is 5.87. The quantitative estimate of drug-likeness (QED) is 0.241. The highest BCUT2D eigenvalue weighted by Gasteiger charge is 2.29. The Morgan fingerprint density at radius 1 is 0.947 bits per heavy atom. The number of nitrogens with one attached hydrogen (secondary N) is 1. The van der Waals surface area contributed by atoms with Crippen LogP contribution in [0.15, 0.2) is 81.4 Å². The van der Waals surface area contributed by atoms with Crippen LogP contribution in [0.5, 0.6) is 0 Å². The first-order chi connectivity index (χ1) is 17.9. The number of sulfone groups is 1. The van der Waals surface area contributed by atoms with Crippen LogP contribution >= 0.6 is 0 Å². The van der Waals surface area contributed by atoms with Crippen LogP contribution in [0.2, 0.25) is 0 Å². The first-order valence-corrected chi connectivity index (χ1v) is 15.0. The second kappa shape index (κ2) is 10.8. The molecule has 1 N–H and O–H groups in total. The summed E-state index contributed by atoms with van der Waals surface area (Å²) >= 11 is 0. The first-order valence-electron chi connectivity index (χ1n) is 12.0. The Morgan fingerprint density at radius 3 is 2.18 bits per heavy atom. The van der Waals surface area contributed by atoms with Gasteiger partial charge in [-0.3, -0.25) is 10.1 Å². The van der Waals surface area contributed by atoms with E-state index in [1.807, 2.05) is 18.7 Å². The number of piperidine rings is 1. The van der Waals surface area contributed by atoms with E-state index in [1.165, 1.54) is 24.3 Å². The molecule has 0 atom stereocenters. The smallest absolute Gasteiger partial charge is 0.271 e. The minimum atomic E-state index is -4.09. The van der Waals surface area contributed by atoms with Crippen molar-refractivity contribution in [2.45, 2.75) is 53.3 Å². The van der Waals surface area contributed by atoms with E-state index < -0.39 is 36.6 Å². The average Bonchev–Trinajstić information content (AvgIpc) is 2.89. The van der Waals surface area contributed by atoms with Crippen molar-refractivity contribution in [3.05, 3.63) is 88.2 Å². The summed E-state index contributed by atoms with van der Waals surface area (Å²) in [6.07, 6.45) is 0.930. The maximum atomic E-state index is 13.5. The van der Waals surface area contributed by atoms with Gasteiger partial charge in [0, 0.05) is 37.0 Å². The molecule has 3 aromatic rings. The third-order valence-electron chi connectivity index (χ3n) is 6.55. The van der Waals surface area contributed by atoms with Gasteiger partial charge in [0.25, 0.3) is 5.69 Å². The zero-order valence-electron chi connectivity index (χ0n) is 20.9. The molecular formula is C26H28FN3O6S2. The molecule has 0 saturated carbocycles. The van der Waals surface area contributed by atoms with E-state index in [9.17, 15) is 31.3 Å². The fourth-order valence-corrected chi connectivity index (χ4v) is 7.54. The molecule has 4 rings (SSSR count). The van der Waals surface area contributed by atoms with Crippen LogP contribution in [0.4, 0.5) is 15.8 Å². The second-order valence-electron chi connectivity index (χ2n) is 9.47. The van der Waals surface area contributed by atoms with Crippen LogP contribution in [0, 0.1) is 15.9 Å². The van der Waals surface area contributed by atoms with E-state index in [0.29, 0.717) is 37.2 Å². The zero-order chi connectivity index (χ0) is 27.7. The fraction of sp³-hybridized carbons (Fsp3) is 0.308. The number of anilines is 1. The van der Waals surface area contributed by atoms with Gasteiger partial charge in [-0.1, -0.05) is 26.0 Å². The van der Waals surface area contributed by atoms with E-state index >= 15 is 0 Å². The highest BCUT2D eigenvalue weighted by molar-refractivity contribution is 7.91.